The summed E-state index contributed by atoms with van der Waals surface area (Å²) in [5.74, 6) is 0.715. The predicted molar refractivity (Wildman–Crippen MR) is 147 cm³/mol. The highest BCUT2D eigenvalue weighted by Gasteiger charge is 2.32. The number of thioether (sulfide) groups is 1. The second kappa shape index (κ2) is 9.54. The van der Waals surface area contributed by atoms with Crippen LogP contribution in [0.25, 0.3) is 16.7 Å². The van der Waals surface area contributed by atoms with E-state index in [9.17, 15) is 9.59 Å². The molecule has 0 radical (unpaired) electrons. The van der Waals surface area contributed by atoms with Gasteiger partial charge < -0.3 is 9.80 Å². The molecule has 4 heterocycles. The molecule has 0 bridgehead atoms. The second-order valence-electron chi connectivity index (χ2n) is 9.64. The smallest absolute Gasteiger partial charge is 0.265 e. The maximum atomic E-state index is 13.5. The highest BCUT2D eigenvalue weighted by molar-refractivity contribution is 7.99. The Kier molecular flexibility index (Phi) is 6.20. The quantitative estimate of drug-likeness (QED) is 0.365. The van der Waals surface area contributed by atoms with E-state index in [-0.39, 0.29) is 23.9 Å². The van der Waals surface area contributed by atoms with Gasteiger partial charge in [-0.2, -0.15) is 5.10 Å². The van der Waals surface area contributed by atoms with Crippen molar-refractivity contribution in [1.82, 2.24) is 24.2 Å². The van der Waals surface area contributed by atoms with E-state index >= 15 is 0 Å². The van der Waals surface area contributed by atoms with Gasteiger partial charge >= 0.3 is 0 Å². The summed E-state index contributed by atoms with van der Waals surface area (Å²) in [5.41, 5.74) is 4.56. The van der Waals surface area contributed by atoms with Crippen LogP contribution in [0.1, 0.15) is 23.6 Å². The summed E-state index contributed by atoms with van der Waals surface area (Å²) < 4.78 is 3.43. The Hall–Kier alpha value is -3.30. The zero-order valence-corrected chi connectivity index (χ0v) is 22.3. The third kappa shape index (κ3) is 4.30. The Bertz CT molecular complexity index is 1570. The number of anilines is 1. The molecule has 2 aromatic carbocycles. The number of aromatic nitrogens is 4. The van der Waals surface area contributed by atoms with Crippen LogP contribution in [-0.4, -0.2) is 62.1 Å². The molecular formula is C27H27ClN6O2S. The van der Waals surface area contributed by atoms with Crippen LogP contribution in [0.2, 0.25) is 5.02 Å². The van der Waals surface area contributed by atoms with Crippen molar-refractivity contribution < 1.29 is 4.79 Å². The summed E-state index contributed by atoms with van der Waals surface area (Å²) >= 11 is 7.88. The van der Waals surface area contributed by atoms with E-state index in [1.54, 1.807) is 15.4 Å². The Morgan fingerprint density at radius 2 is 1.86 bits per heavy atom. The van der Waals surface area contributed by atoms with Gasteiger partial charge in [0.1, 0.15) is 5.39 Å². The average molecular weight is 535 g/mol. The molecule has 2 aromatic heterocycles. The van der Waals surface area contributed by atoms with Crippen molar-refractivity contribution in [3.8, 4) is 5.69 Å². The third-order valence-electron chi connectivity index (χ3n) is 7.19. The van der Waals surface area contributed by atoms with Gasteiger partial charge in [0.15, 0.2) is 10.8 Å². The van der Waals surface area contributed by atoms with E-state index in [1.807, 2.05) is 55.1 Å². The zero-order chi connectivity index (χ0) is 25.7. The maximum Gasteiger partial charge on any atom is 0.265 e. The van der Waals surface area contributed by atoms with Gasteiger partial charge in [0.25, 0.3) is 5.56 Å². The van der Waals surface area contributed by atoms with Crippen molar-refractivity contribution in [2.24, 2.45) is 0 Å². The van der Waals surface area contributed by atoms with Crippen LogP contribution in [0.4, 0.5) is 5.69 Å². The number of hydrogen-bond donors (Lipinski definition) is 0. The van der Waals surface area contributed by atoms with Gasteiger partial charge in [0, 0.05) is 38.4 Å². The molecule has 1 atom stereocenters. The first kappa shape index (κ1) is 24.1. The number of carbonyl (C=O) groups is 1. The molecule has 1 saturated heterocycles. The van der Waals surface area contributed by atoms with Crippen LogP contribution in [0.3, 0.4) is 0 Å². The summed E-state index contributed by atoms with van der Waals surface area (Å²) in [6.07, 6.45) is 1.87. The van der Waals surface area contributed by atoms with Gasteiger partial charge in [-0.1, -0.05) is 53.2 Å². The lowest BCUT2D eigenvalue weighted by atomic mass is 10.1. The molecule has 190 valence electrons. The molecule has 4 aromatic rings. The van der Waals surface area contributed by atoms with Gasteiger partial charge in [-0.15, -0.1) is 0 Å². The predicted octanol–water partition coefficient (Wildman–Crippen LogP) is 4.24. The first-order valence-corrected chi connectivity index (χ1v) is 13.7. The second-order valence-corrected chi connectivity index (χ2v) is 11.0. The van der Waals surface area contributed by atoms with Crippen LogP contribution in [0, 0.1) is 13.8 Å². The number of piperazine rings is 1. The number of benzene rings is 2. The Morgan fingerprint density at radius 1 is 1.08 bits per heavy atom. The summed E-state index contributed by atoms with van der Waals surface area (Å²) in [6.45, 7) is 6.79. The Morgan fingerprint density at radius 3 is 2.62 bits per heavy atom. The van der Waals surface area contributed by atoms with Crippen LogP contribution in [-0.2, 0) is 4.79 Å². The highest BCUT2D eigenvalue weighted by atomic mass is 35.5. The van der Waals surface area contributed by atoms with Crippen molar-refractivity contribution in [1.29, 1.82) is 0 Å². The van der Waals surface area contributed by atoms with Crippen LogP contribution >= 0.6 is 23.4 Å². The summed E-state index contributed by atoms with van der Waals surface area (Å²) in [4.78, 5) is 35.7. The lowest BCUT2D eigenvalue weighted by Crippen LogP contribution is -2.49. The molecular weight excluding hydrogens is 508 g/mol. The van der Waals surface area contributed by atoms with Crippen molar-refractivity contribution in [2.45, 2.75) is 31.5 Å². The first-order chi connectivity index (χ1) is 17.9. The van der Waals surface area contributed by atoms with E-state index < -0.39 is 0 Å². The van der Waals surface area contributed by atoms with Gasteiger partial charge in [0.05, 0.1) is 28.6 Å². The van der Waals surface area contributed by atoms with Crippen LogP contribution in [0.5, 0.6) is 0 Å². The van der Waals surface area contributed by atoms with E-state index in [0.717, 1.165) is 35.1 Å². The fourth-order valence-electron chi connectivity index (χ4n) is 5.24. The Balaban J connectivity index is 1.20. The zero-order valence-electron chi connectivity index (χ0n) is 20.7. The minimum absolute atomic E-state index is 0.0650. The summed E-state index contributed by atoms with van der Waals surface area (Å²) in [7, 11) is 0. The average Bonchev–Trinajstić information content (AvgIpc) is 3.49. The number of carbonyl (C=O) groups excluding carboxylic acids is 1. The van der Waals surface area contributed by atoms with Gasteiger partial charge in [0.2, 0.25) is 5.91 Å². The molecule has 0 spiro atoms. The van der Waals surface area contributed by atoms with Crippen molar-refractivity contribution in [3.05, 3.63) is 75.2 Å². The number of hydrogen-bond acceptors (Lipinski definition) is 6. The molecule has 1 amide bonds. The summed E-state index contributed by atoms with van der Waals surface area (Å²) in [5, 5.41) is 6.33. The highest BCUT2D eigenvalue weighted by Crippen LogP contribution is 2.34. The number of amides is 1. The summed E-state index contributed by atoms with van der Waals surface area (Å²) in [6, 6.07) is 13.7. The van der Waals surface area contributed by atoms with Crippen LogP contribution in [0.15, 0.2) is 58.6 Å². The number of halogens is 1. The molecule has 0 saturated carbocycles. The standard InChI is InChI=1S/C27H27ClN6O2S/c1-17-7-8-22(18(2)13-17)34-25-20(15-29-34)26(36)33-19(16-37-27(33)30-25)14-24(35)32-11-9-31(10-12-32)23-6-4-3-5-21(23)28/h3-8,13,15,19H,9-12,14,16H2,1-2H3. The lowest BCUT2D eigenvalue weighted by molar-refractivity contribution is -0.132. The number of aryl methyl sites for hydroxylation is 2. The van der Waals surface area contributed by atoms with E-state index in [2.05, 4.69) is 16.1 Å². The molecule has 0 N–H and O–H groups in total. The molecule has 10 heteroatoms. The van der Waals surface area contributed by atoms with Crippen LogP contribution < -0.4 is 10.5 Å². The number of nitrogens with zero attached hydrogens (tertiary/aromatic N) is 6. The minimum Gasteiger partial charge on any atom is -0.367 e. The minimum atomic E-state index is -0.219. The molecule has 1 fully saturated rings. The first-order valence-electron chi connectivity index (χ1n) is 12.4. The van der Waals surface area contributed by atoms with E-state index in [4.69, 9.17) is 16.6 Å². The fraction of sp³-hybridized carbons (Fsp3) is 0.333. The van der Waals surface area contributed by atoms with Gasteiger partial charge in [-0.25, -0.2) is 9.67 Å². The monoisotopic (exact) mass is 534 g/mol. The van der Waals surface area contributed by atoms with Crippen molar-refractivity contribution >= 4 is 46.0 Å². The SMILES string of the molecule is Cc1ccc(-n2ncc3c(=O)n4c(nc32)SCC4CC(=O)N2CCN(c3ccccc3Cl)CC2)c(C)c1. The topological polar surface area (TPSA) is 76.3 Å². The van der Waals surface area contributed by atoms with Gasteiger partial charge in [-0.05, 0) is 37.6 Å². The molecule has 2 aliphatic rings. The number of rotatable bonds is 4. The molecule has 37 heavy (non-hydrogen) atoms. The molecule has 1 unspecified atom stereocenters. The largest absolute Gasteiger partial charge is 0.367 e. The van der Waals surface area contributed by atoms with Crippen molar-refractivity contribution in [2.75, 3.05) is 36.8 Å². The van der Waals surface area contributed by atoms with E-state index in [0.29, 0.717) is 35.0 Å². The molecule has 6 rings (SSSR count). The van der Waals surface area contributed by atoms with Gasteiger partial charge in [-0.3, -0.25) is 14.2 Å². The fourth-order valence-corrected chi connectivity index (χ4v) is 6.62. The molecule has 8 nitrogen and oxygen atoms in total. The lowest BCUT2D eigenvalue weighted by Gasteiger charge is -2.37. The maximum absolute atomic E-state index is 13.5. The Labute approximate surface area is 223 Å². The van der Waals surface area contributed by atoms with E-state index in [1.165, 1.54) is 17.3 Å². The number of fused-ring (bicyclic) bond motifs is 2. The molecule has 0 aliphatic carbocycles. The normalized spacial score (nSPS) is 17.4. The van der Waals surface area contributed by atoms with Crippen molar-refractivity contribution in [3.63, 3.8) is 0 Å². The molecule has 2 aliphatic heterocycles. The number of para-hydroxylation sites is 1. The third-order valence-corrected chi connectivity index (χ3v) is 8.60.